The number of ether oxygens (including phenoxy) is 1. The summed E-state index contributed by atoms with van der Waals surface area (Å²) in [6, 6.07) is 16.8. The van der Waals surface area contributed by atoms with Crippen LogP contribution < -0.4 is 20.3 Å². The van der Waals surface area contributed by atoms with Gasteiger partial charge in [0, 0.05) is 42.2 Å². The normalized spacial score (nSPS) is 10.2. The van der Waals surface area contributed by atoms with Crippen LogP contribution in [0.5, 0.6) is 5.75 Å². The monoisotopic (exact) mass is 452 g/mol. The van der Waals surface area contributed by atoms with Crippen molar-refractivity contribution in [3.05, 3.63) is 94.3 Å². The van der Waals surface area contributed by atoms with Gasteiger partial charge in [0.15, 0.2) is 0 Å². The Labute approximate surface area is 188 Å². The summed E-state index contributed by atoms with van der Waals surface area (Å²) in [5.74, 6) is -0.261. The van der Waals surface area contributed by atoms with E-state index in [4.69, 9.17) is 4.74 Å². The SMILES string of the molecule is COc1cccc(C(=O)NCCN(C(=O)Nc2ccc([N+](=O)[O-])cc2)c2ccc(F)cc2)c1. The number of benzene rings is 3. The van der Waals surface area contributed by atoms with E-state index in [9.17, 15) is 24.1 Å². The maximum Gasteiger partial charge on any atom is 0.326 e. The molecule has 33 heavy (non-hydrogen) atoms. The molecule has 0 saturated carbocycles. The third-order valence-corrected chi connectivity index (χ3v) is 4.67. The van der Waals surface area contributed by atoms with Crippen molar-refractivity contribution in [3.8, 4) is 5.75 Å². The zero-order valence-electron chi connectivity index (χ0n) is 17.7. The highest BCUT2D eigenvalue weighted by Crippen LogP contribution is 2.19. The molecule has 0 heterocycles. The number of nitro groups is 1. The number of non-ortho nitro benzene ring substituents is 1. The van der Waals surface area contributed by atoms with Gasteiger partial charge in [-0.2, -0.15) is 0 Å². The fraction of sp³-hybridized carbons (Fsp3) is 0.130. The molecule has 0 spiro atoms. The van der Waals surface area contributed by atoms with Crippen molar-refractivity contribution in [3.63, 3.8) is 0 Å². The number of halogens is 1. The molecule has 0 atom stereocenters. The van der Waals surface area contributed by atoms with Gasteiger partial charge in [-0.25, -0.2) is 9.18 Å². The van der Waals surface area contributed by atoms with E-state index in [2.05, 4.69) is 10.6 Å². The second kappa shape index (κ2) is 10.7. The number of anilines is 2. The first-order valence-corrected chi connectivity index (χ1v) is 9.88. The molecule has 3 amide bonds. The zero-order chi connectivity index (χ0) is 23.8. The van der Waals surface area contributed by atoms with E-state index < -0.39 is 16.8 Å². The Balaban J connectivity index is 1.69. The second-order valence-corrected chi connectivity index (χ2v) is 6.85. The standard InChI is InChI=1S/C23H21FN4O5/c1-33-21-4-2-3-16(15-21)22(29)25-13-14-27(19-9-5-17(24)6-10-19)23(30)26-18-7-11-20(12-8-18)28(31)32/h2-12,15H,13-14H2,1H3,(H,25,29)(H,26,30). The fourth-order valence-corrected chi connectivity index (χ4v) is 2.97. The molecule has 0 aliphatic rings. The van der Waals surface area contributed by atoms with Gasteiger partial charge < -0.3 is 15.4 Å². The molecule has 0 aliphatic heterocycles. The highest BCUT2D eigenvalue weighted by atomic mass is 19.1. The first kappa shape index (κ1) is 23.2. The van der Waals surface area contributed by atoms with Gasteiger partial charge in [0.05, 0.1) is 12.0 Å². The molecule has 10 heteroatoms. The number of nitro benzene ring substituents is 1. The predicted octanol–water partition coefficient (Wildman–Crippen LogP) is 4.21. The Morgan fingerprint density at radius 1 is 1.06 bits per heavy atom. The lowest BCUT2D eigenvalue weighted by Gasteiger charge is -2.23. The molecule has 3 aromatic carbocycles. The second-order valence-electron chi connectivity index (χ2n) is 6.85. The largest absolute Gasteiger partial charge is 0.497 e. The Kier molecular flexibility index (Phi) is 7.53. The van der Waals surface area contributed by atoms with Crippen LogP contribution in [-0.2, 0) is 0 Å². The average Bonchev–Trinajstić information content (AvgIpc) is 2.82. The minimum Gasteiger partial charge on any atom is -0.497 e. The fourth-order valence-electron chi connectivity index (χ4n) is 2.97. The molecule has 3 aromatic rings. The van der Waals surface area contributed by atoms with Crippen molar-refractivity contribution in [2.75, 3.05) is 30.4 Å². The van der Waals surface area contributed by atoms with Crippen LogP contribution in [0.3, 0.4) is 0 Å². The number of nitrogens with one attached hydrogen (secondary N) is 2. The minimum atomic E-state index is -0.550. The Bertz CT molecular complexity index is 1140. The summed E-state index contributed by atoms with van der Waals surface area (Å²) in [7, 11) is 1.50. The lowest BCUT2D eigenvalue weighted by molar-refractivity contribution is -0.384. The molecule has 0 radical (unpaired) electrons. The van der Waals surface area contributed by atoms with E-state index in [0.717, 1.165) is 0 Å². The number of amides is 3. The molecule has 0 aromatic heterocycles. The number of hydrogen-bond acceptors (Lipinski definition) is 5. The molecule has 0 saturated heterocycles. The van der Waals surface area contributed by atoms with Gasteiger partial charge in [0.1, 0.15) is 11.6 Å². The van der Waals surface area contributed by atoms with E-state index in [0.29, 0.717) is 22.7 Å². The smallest absolute Gasteiger partial charge is 0.326 e. The van der Waals surface area contributed by atoms with Crippen LogP contribution in [-0.4, -0.2) is 37.1 Å². The van der Waals surface area contributed by atoms with Crippen LogP contribution in [0.2, 0.25) is 0 Å². The van der Waals surface area contributed by atoms with Gasteiger partial charge in [0.25, 0.3) is 11.6 Å². The number of rotatable bonds is 8. The van der Waals surface area contributed by atoms with Gasteiger partial charge in [-0.1, -0.05) is 6.07 Å². The van der Waals surface area contributed by atoms with Crippen molar-refractivity contribution in [1.29, 1.82) is 0 Å². The molecule has 0 unspecified atom stereocenters. The lowest BCUT2D eigenvalue weighted by Crippen LogP contribution is -2.41. The van der Waals surface area contributed by atoms with E-state index >= 15 is 0 Å². The summed E-state index contributed by atoms with van der Waals surface area (Å²) in [4.78, 5) is 36.9. The molecule has 0 aliphatic carbocycles. The summed E-state index contributed by atoms with van der Waals surface area (Å²) in [5.41, 5.74) is 1.05. The molecule has 0 bridgehead atoms. The number of hydrogen-bond donors (Lipinski definition) is 2. The molecular formula is C23H21FN4O5. The average molecular weight is 452 g/mol. The number of carbonyl (C=O) groups is 2. The van der Waals surface area contributed by atoms with Crippen LogP contribution in [0.15, 0.2) is 72.8 Å². The molecular weight excluding hydrogens is 431 g/mol. The highest BCUT2D eigenvalue weighted by Gasteiger charge is 2.17. The van der Waals surface area contributed by atoms with Crippen molar-refractivity contribution in [2.45, 2.75) is 0 Å². The summed E-state index contributed by atoms with van der Waals surface area (Å²) < 4.78 is 18.5. The quantitative estimate of drug-likeness (QED) is 0.393. The minimum absolute atomic E-state index is 0.0835. The lowest BCUT2D eigenvalue weighted by atomic mass is 10.2. The zero-order valence-corrected chi connectivity index (χ0v) is 17.7. The maximum atomic E-state index is 13.4. The van der Waals surface area contributed by atoms with E-state index in [1.54, 1.807) is 24.3 Å². The first-order valence-electron chi connectivity index (χ1n) is 9.88. The molecule has 170 valence electrons. The van der Waals surface area contributed by atoms with Crippen LogP contribution in [0.25, 0.3) is 0 Å². The predicted molar refractivity (Wildman–Crippen MR) is 121 cm³/mol. The Morgan fingerprint density at radius 3 is 2.39 bits per heavy atom. The first-order chi connectivity index (χ1) is 15.9. The van der Waals surface area contributed by atoms with Gasteiger partial charge in [-0.3, -0.25) is 19.8 Å². The summed E-state index contributed by atoms with van der Waals surface area (Å²) in [6.07, 6.45) is 0. The molecule has 2 N–H and O–H groups in total. The highest BCUT2D eigenvalue weighted by molar-refractivity contribution is 6.02. The number of carbonyl (C=O) groups excluding carboxylic acids is 2. The van der Waals surface area contributed by atoms with Crippen molar-refractivity contribution in [1.82, 2.24) is 5.32 Å². The van der Waals surface area contributed by atoms with E-state index in [-0.39, 0.29) is 24.7 Å². The van der Waals surface area contributed by atoms with Gasteiger partial charge in [-0.15, -0.1) is 0 Å². The van der Waals surface area contributed by atoms with E-state index in [1.807, 2.05) is 0 Å². The Hall–Kier alpha value is -4.47. The summed E-state index contributed by atoms with van der Waals surface area (Å²) >= 11 is 0. The van der Waals surface area contributed by atoms with Gasteiger partial charge in [0.2, 0.25) is 0 Å². The van der Waals surface area contributed by atoms with Crippen LogP contribution >= 0.6 is 0 Å². The van der Waals surface area contributed by atoms with Crippen LogP contribution in [0.1, 0.15) is 10.4 Å². The van der Waals surface area contributed by atoms with Crippen molar-refractivity contribution in [2.24, 2.45) is 0 Å². The maximum absolute atomic E-state index is 13.4. The van der Waals surface area contributed by atoms with Crippen molar-refractivity contribution < 1.29 is 23.6 Å². The number of nitrogens with zero attached hydrogens (tertiary/aromatic N) is 2. The third-order valence-electron chi connectivity index (χ3n) is 4.67. The summed E-state index contributed by atoms with van der Waals surface area (Å²) in [6.45, 7) is 0.196. The third kappa shape index (κ3) is 6.26. The van der Waals surface area contributed by atoms with Crippen molar-refractivity contribution >= 4 is 29.0 Å². The number of methoxy groups -OCH3 is 1. The van der Waals surface area contributed by atoms with Gasteiger partial charge in [-0.05, 0) is 54.6 Å². The molecule has 9 nitrogen and oxygen atoms in total. The van der Waals surface area contributed by atoms with Crippen LogP contribution in [0, 0.1) is 15.9 Å². The number of urea groups is 1. The van der Waals surface area contributed by atoms with Gasteiger partial charge >= 0.3 is 6.03 Å². The topological polar surface area (TPSA) is 114 Å². The summed E-state index contributed by atoms with van der Waals surface area (Å²) in [5, 5.41) is 16.2. The molecule has 3 rings (SSSR count). The molecule has 0 fully saturated rings. The van der Waals surface area contributed by atoms with Crippen LogP contribution in [0.4, 0.5) is 26.2 Å². The Morgan fingerprint density at radius 2 is 1.76 bits per heavy atom. The van der Waals surface area contributed by atoms with E-state index in [1.165, 1.54) is 60.5 Å².